The van der Waals surface area contributed by atoms with Gasteiger partial charge in [0.1, 0.15) is 5.82 Å². The van der Waals surface area contributed by atoms with E-state index in [-0.39, 0.29) is 17.3 Å². The normalized spacial score (nSPS) is 26.7. The first-order chi connectivity index (χ1) is 10.1. The number of hydrogen-bond acceptors (Lipinski definition) is 3. The molecule has 0 saturated carbocycles. The maximum absolute atomic E-state index is 13.2. The van der Waals surface area contributed by atoms with Gasteiger partial charge in [-0.15, -0.1) is 0 Å². The number of ether oxygens (including phenoxy) is 1. The van der Waals surface area contributed by atoms with Crippen LogP contribution in [0.1, 0.15) is 42.9 Å². The van der Waals surface area contributed by atoms with Crippen molar-refractivity contribution >= 4 is 11.8 Å². The van der Waals surface area contributed by atoms with E-state index in [0.717, 1.165) is 54.9 Å². The summed E-state index contributed by atoms with van der Waals surface area (Å²) < 4.78 is 19.3. The molecule has 0 amide bonds. The molecule has 0 bridgehead atoms. The average Bonchev–Trinajstić information content (AvgIpc) is 2.47. The number of hydrogen-bond donors (Lipinski definition) is 1. The molecule has 2 aliphatic heterocycles. The minimum absolute atomic E-state index is 0.0247. The van der Waals surface area contributed by atoms with E-state index in [1.54, 1.807) is 6.07 Å². The zero-order valence-electron chi connectivity index (χ0n) is 12.5. The van der Waals surface area contributed by atoms with Crippen molar-refractivity contribution in [1.82, 2.24) is 0 Å². The Morgan fingerprint density at radius 2 is 2.14 bits per heavy atom. The molecule has 0 radical (unpaired) electrons. The van der Waals surface area contributed by atoms with Crippen LogP contribution >= 0.6 is 11.8 Å². The fourth-order valence-electron chi connectivity index (χ4n) is 3.65. The highest BCUT2D eigenvalue weighted by Gasteiger charge is 2.41. The third kappa shape index (κ3) is 3.27. The molecule has 4 heteroatoms. The second kappa shape index (κ2) is 6.27. The minimum Gasteiger partial charge on any atom is -0.388 e. The van der Waals surface area contributed by atoms with Gasteiger partial charge in [0.05, 0.1) is 11.7 Å². The highest BCUT2D eigenvalue weighted by molar-refractivity contribution is 7.99. The summed E-state index contributed by atoms with van der Waals surface area (Å²) in [5.41, 5.74) is 1.68. The standard InChI is InChI=1S/C17H23FO2S/c1-12-10-14(18)2-3-15(12)16(19)13-4-7-20-17(11-13)5-8-21-9-6-17/h2-3,10,13,16,19H,4-9,11H2,1H3. The summed E-state index contributed by atoms with van der Waals surface area (Å²) in [5.74, 6) is 2.28. The summed E-state index contributed by atoms with van der Waals surface area (Å²) in [6.07, 6.45) is 3.46. The molecule has 1 aromatic carbocycles. The number of aliphatic hydroxyl groups excluding tert-OH is 1. The molecular formula is C17H23FO2S. The van der Waals surface area contributed by atoms with Crippen LogP contribution < -0.4 is 0 Å². The second-order valence-corrected chi connectivity index (χ2v) is 7.57. The van der Waals surface area contributed by atoms with Crippen LogP contribution in [0.4, 0.5) is 4.39 Å². The van der Waals surface area contributed by atoms with Crippen LogP contribution in [0.5, 0.6) is 0 Å². The Hall–Kier alpha value is -0.580. The molecule has 0 aliphatic carbocycles. The number of thioether (sulfide) groups is 1. The van der Waals surface area contributed by atoms with Crippen molar-refractivity contribution in [3.05, 3.63) is 35.1 Å². The van der Waals surface area contributed by atoms with Crippen molar-refractivity contribution in [2.24, 2.45) is 5.92 Å². The lowest BCUT2D eigenvalue weighted by molar-refractivity contribution is -0.121. The van der Waals surface area contributed by atoms with Crippen molar-refractivity contribution < 1.29 is 14.2 Å². The lowest BCUT2D eigenvalue weighted by Gasteiger charge is -2.44. The van der Waals surface area contributed by atoms with Crippen LogP contribution in [0.2, 0.25) is 0 Å². The molecular weight excluding hydrogens is 287 g/mol. The van der Waals surface area contributed by atoms with Gasteiger partial charge < -0.3 is 9.84 Å². The van der Waals surface area contributed by atoms with Crippen LogP contribution in [-0.2, 0) is 4.74 Å². The van der Waals surface area contributed by atoms with E-state index in [9.17, 15) is 9.50 Å². The molecule has 116 valence electrons. The zero-order valence-corrected chi connectivity index (χ0v) is 13.3. The number of aliphatic hydroxyl groups is 1. The number of aryl methyl sites for hydroxylation is 1. The second-order valence-electron chi connectivity index (χ2n) is 6.34. The molecule has 2 saturated heterocycles. The van der Waals surface area contributed by atoms with E-state index in [2.05, 4.69) is 0 Å². The van der Waals surface area contributed by atoms with Gasteiger partial charge in [-0.2, -0.15) is 11.8 Å². The predicted octanol–water partition coefficient (Wildman–Crippen LogP) is 3.86. The number of benzene rings is 1. The Morgan fingerprint density at radius 1 is 1.38 bits per heavy atom. The fraction of sp³-hybridized carbons (Fsp3) is 0.647. The van der Waals surface area contributed by atoms with Crippen LogP contribution in [-0.4, -0.2) is 28.8 Å². The number of rotatable bonds is 2. The first kappa shape index (κ1) is 15.3. The molecule has 2 unspecified atom stereocenters. The topological polar surface area (TPSA) is 29.5 Å². The van der Waals surface area contributed by atoms with E-state index < -0.39 is 6.10 Å². The molecule has 2 heterocycles. The predicted molar refractivity (Wildman–Crippen MR) is 84.1 cm³/mol. The Labute approximate surface area is 130 Å². The van der Waals surface area contributed by atoms with Gasteiger partial charge in [-0.3, -0.25) is 0 Å². The average molecular weight is 310 g/mol. The summed E-state index contributed by atoms with van der Waals surface area (Å²) in [6, 6.07) is 4.68. The summed E-state index contributed by atoms with van der Waals surface area (Å²) in [5, 5.41) is 10.7. The summed E-state index contributed by atoms with van der Waals surface area (Å²) >= 11 is 1.99. The molecule has 21 heavy (non-hydrogen) atoms. The van der Waals surface area contributed by atoms with E-state index in [1.165, 1.54) is 12.1 Å². The highest BCUT2D eigenvalue weighted by atomic mass is 32.2. The highest BCUT2D eigenvalue weighted by Crippen LogP contribution is 2.43. The molecule has 2 aliphatic rings. The first-order valence-corrected chi connectivity index (χ1v) is 8.91. The van der Waals surface area contributed by atoms with Gasteiger partial charge in [0, 0.05) is 6.61 Å². The van der Waals surface area contributed by atoms with Gasteiger partial charge in [0.15, 0.2) is 0 Å². The van der Waals surface area contributed by atoms with E-state index in [4.69, 9.17) is 4.74 Å². The minimum atomic E-state index is -0.513. The van der Waals surface area contributed by atoms with Crippen molar-refractivity contribution in [2.75, 3.05) is 18.1 Å². The van der Waals surface area contributed by atoms with Gasteiger partial charge in [0.2, 0.25) is 0 Å². The molecule has 1 spiro atoms. The molecule has 1 N–H and O–H groups in total. The Bertz CT molecular complexity index is 494. The van der Waals surface area contributed by atoms with E-state index in [1.807, 2.05) is 18.7 Å². The summed E-state index contributed by atoms with van der Waals surface area (Å²) in [7, 11) is 0. The quantitative estimate of drug-likeness (QED) is 0.899. The SMILES string of the molecule is Cc1cc(F)ccc1C(O)C1CCOC2(CCSCC2)C1. The number of halogens is 1. The van der Waals surface area contributed by atoms with E-state index in [0.29, 0.717) is 0 Å². The van der Waals surface area contributed by atoms with Crippen molar-refractivity contribution in [3.8, 4) is 0 Å². The maximum atomic E-state index is 13.2. The van der Waals surface area contributed by atoms with Crippen molar-refractivity contribution in [3.63, 3.8) is 0 Å². The molecule has 2 atom stereocenters. The summed E-state index contributed by atoms with van der Waals surface area (Å²) in [4.78, 5) is 0. The largest absolute Gasteiger partial charge is 0.388 e. The Kier molecular flexibility index (Phi) is 4.57. The lowest BCUT2D eigenvalue weighted by Crippen LogP contribution is -2.44. The zero-order chi connectivity index (χ0) is 14.9. The van der Waals surface area contributed by atoms with Crippen LogP contribution in [0.15, 0.2) is 18.2 Å². The van der Waals surface area contributed by atoms with Crippen LogP contribution in [0.25, 0.3) is 0 Å². The van der Waals surface area contributed by atoms with Gasteiger partial charge in [0.25, 0.3) is 0 Å². The third-order valence-corrected chi connectivity index (χ3v) is 5.92. The molecule has 2 nitrogen and oxygen atoms in total. The molecule has 0 aromatic heterocycles. The van der Waals surface area contributed by atoms with Crippen molar-refractivity contribution in [1.29, 1.82) is 0 Å². The molecule has 1 aromatic rings. The molecule has 2 fully saturated rings. The fourth-order valence-corrected chi connectivity index (χ4v) is 4.89. The van der Waals surface area contributed by atoms with Gasteiger partial charge in [-0.1, -0.05) is 6.07 Å². The van der Waals surface area contributed by atoms with Crippen molar-refractivity contribution in [2.45, 2.75) is 44.3 Å². The Morgan fingerprint density at radius 3 is 2.86 bits per heavy atom. The van der Waals surface area contributed by atoms with Gasteiger partial charge in [-0.05, 0) is 73.3 Å². The lowest BCUT2D eigenvalue weighted by atomic mass is 9.77. The monoisotopic (exact) mass is 310 g/mol. The molecule has 3 rings (SSSR count). The van der Waals surface area contributed by atoms with Gasteiger partial charge >= 0.3 is 0 Å². The maximum Gasteiger partial charge on any atom is 0.123 e. The van der Waals surface area contributed by atoms with Gasteiger partial charge in [-0.25, -0.2) is 4.39 Å². The van der Waals surface area contributed by atoms with Crippen LogP contribution in [0, 0.1) is 18.7 Å². The van der Waals surface area contributed by atoms with E-state index >= 15 is 0 Å². The van der Waals surface area contributed by atoms with Crippen LogP contribution in [0.3, 0.4) is 0 Å². The third-order valence-electron chi connectivity index (χ3n) is 4.93. The first-order valence-electron chi connectivity index (χ1n) is 7.75. The Balaban J connectivity index is 1.76. The summed E-state index contributed by atoms with van der Waals surface area (Å²) in [6.45, 7) is 2.60. The smallest absolute Gasteiger partial charge is 0.123 e.